The van der Waals surface area contributed by atoms with E-state index in [9.17, 15) is 9.18 Å². The molecule has 0 bridgehead atoms. The highest BCUT2D eigenvalue weighted by molar-refractivity contribution is 7.80. The Morgan fingerprint density at radius 3 is 2.60 bits per heavy atom. The van der Waals surface area contributed by atoms with Crippen molar-refractivity contribution in [2.24, 2.45) is 0 Å². The van der Waals surface area contributed by atoms with Gasteiger partial charge in [-0.05, 0) is 30.8 Å². The van der Waals surface area contributed by atoms with Crippen molar-refractivity contribution in [2.45, 2.75) is 45.4 Å². The molecule has 20 heavy (non-hydrogen) atoms. The van der Waals surface area contributed by atoms with Gasteiger partial charge >= 0.3 is 0 Å². The van der Waals surface area contributed by atoms with Gasteiger partial charge in [-0.1, -0.05) is 44.7 Å². The molecule has 0 aliphatic heterocycles. The Kier molecular flexibility index (Phi) is 7.80. The molecule has 3 nitrogen and oxygen atoms in total. The molecule has 5 heteroatoms. The first-order valence-electron chi connectivity index (χ1n) is 6.99. The third-order valence-corrected chi connectivity index (χ3v) is 3.09. The average Bonchev–Trinajstić information content (AvgIpc) is 2.41. The van der Waals surface area contributed by atoms with Crippen LogP contribution in [0.25, 0.3) is 0 Å². The fourth-order valence-electron chi connectivity index (χ4n) is 1.79. The van der Waals surface area contributed by atoms with Gasteiger partial charge in [-0.25, -0.2) is 4.39 Å². The van der Waals surface area contributed by atoms with Crippen LogP contribution < -0.4 is 10.6 Å². The number of amides is 1. The number of nitrogens with one attached hydrogen (secondary N) is 2. The van der Waals surface area contributed by atoms with Crippen LogP contribution in [0.1, 0.15) is 45.4 Å². The molecule has 2 N–H and O–H groups in total. The van der Waals surface area contributed by atoms with Gasteiger partial charge < -0.3 is 10.6 Å². The van der Waals surface area contributed by atoms with Crippen LogP contribution in [0.3, 0.4) is 0 Å². The van der Waals surface area contributed by atoms with Gasteiger partial charge in [0.25, 0.3) is 0 Å². The normalized spacial score (nSPS) is 10.1. The van der Waals surface area contributed by atoms with Crippen molar-refractivity contribution in [1.82, 2.24) is 5.32 Å². The number of hydrogen-bond donors (Lipinski definition) is 2. The summed E-state index contributed by atoms with van der Waals surface area (Å²) in [4.78, 5) is 11.6. The topological polar surface area (TPSA) is 41.1 Å². The lowest BCUT2D eigenvalue weighted by molar-refractivity contribution is -0.119. The van der Waals surface area contributed by atoms with Crippen LogP contribution in [0, 0.1) is 5.82 Å². The largest absolute Gasteiger partial charge is 0.330 e. The molecule has 0 aliphatic rings. The van der Waals surface area contributed by atoms with E-state index >= 15 is 0 Å². The number of para-hydroxylation sites is 1. The molecule has 0 radical (unpaired) electrons. The Morgan fingerprint density at radius 2 is 1.90 bits per heavy atom. The molecule has 0 aliphatic carbocycles. The number of halogens is 1. The summed E-state index contributed by atoms with van der Waals surface area (Å²) in [6.45, 7) is 2.15. The Balaban J connectivity index is 2.25. The van der Waals surface area contributed by atoms with Crippen LogP contribution in [0.5, 0.6) is 0 Å². The van der Waals surface area contributed by atoms with Crippen LogP contribution >= 0.6 is 12.2 Å². The SMILES string of the molecule is CCCCCCCC(=O)NC(=S)Nc1ccccc1F. The van der Waals surface area contributed by atoms with E-state index in [1.54, 1.807) is 18.2 Å². The third-order valence-electron chi connectivity index (χ3n) is 2.88. The average molecular weight is 296 g/mol. The minimum Gasteiger partial charge on any atom is -0.330 e. The predicted octanol–water partition coefficient (Wildman–Crippen LogP) is 4.00. The zero-order chi connectivity index (χ0) is 14.8. The molecule has 1 rings (SSSR count). The van der Waals surface area contributed by atoms with Gasteiger partial charge in [-0.2, -0.15) is 0 Å². The van der Waals surface area contributed by atoms with Gasteiger partial charge in [0.05, 0.1) is 5.69 Å². The van der Waals surface area contributed by atoms with E-state index in [0.717, 1.165) is 19.3 Å². The number of thiocarbonyl (C=S) groups is 1. The fraction of sp³-hybridized carbons (Fsp3) is 0.467. The Labute approximate surface area is 125 Å². The first-order valence-corrected chi connectivity index (χ1v) is 7.39. The van der Waals surface area contributed by atoms with E-state index in [4.69, 9.17) is 12.2 Å². The molecule has 0 aromatic heterocycles. The van der Waals surface area contributed by atoms with Gasteiger partial charge in [0, 0.05) is 6.42 Å². The fourth-order valence-corrected chi connectivity index (χ4v) is 2.02. The standard InChI is InChI=1S/C15H21FN2OS/c1-2-3-4-5-6-11-14(19)18-15(20)17-13-10-8-7-9-12(13)16/h7-10H,2-6,11H2,1H3,(H2,17,18,19,20). The third kappa shape index (κ3) is 6.61. The van der Waals surface area contributed by atoms with Crippen LogP contribution in [-0.4, -0.2) is 11.0 Å². The van der Waals surface area contributed by atoms with Gasteiger partial charge in [0.2, 0.25) is 5.91 Å². The summed E-state index contributed by atoms with van der Waals surface area (Å²) >= 11 is 4.98. The summed E-state index contributed by atoms with van der Waals surface area (Å²) in [7, 11) is 0. The Hall–Kier alpha value is -1.49. The highest BCUT2D eigenvalue weighted by atomic mass is 32.1. The molecular formula is C15H21FN2OS. The van der Waals surface area contributed by atoms with Crippen molar-refractivity contribution in [3.8, 4) is 0 Å². The minimum absolute atomic E-state index is 0.129. The highest BCUT2D eigenvalue weighted by Gasteiger charge is 2.06. The number of hydrogen-bond acceptors (Lipinski definition) is 2. The van der Waals surface area contributed by atoms with Crippen molar-refractivity contribution < 1.29 is 9.18 Å². The molecule has 1 aromatic carbocycles. The number of anilines is 1. The molecule has 0 saturated carbocycles. The summed E-state index contributed by atoms with van der Waals surface area (Å²) in [5.41, 5.74) is 0.265. The van der Waals surface area contributed by atoms with E-state index < -0.39 is 5.82 Å². The lowest BCUT2D eigenvalue weighted by Gasteiger charge is -2.10. The Bertz CT molecular complexity index is 451. The van der Waals surface area contributed by atoms with Crippen molar-refractivity contribution in [3.63, 3.8) is 0 Å². The molecule has 110 valence electrons. The van der Waals surface area contributed by atoms with Gasteiger partial charge in [-0.3, -0.25) is 4.79 Å². The maximum atomic E-state index is 13.4. The summed E-state index contributed by atoms with van der Waals surface area (Å²) in [6, 6.07) is 6.20. The van der Waals surface area contributed by atoms with E-state index in [0.29, 0.717) is 6.42 Å². The molecule has 1 amide bonds. The maximum absolute atomic E-state index is 13.4. The summed E-state index contributed by atoms with van der Waals surface area (Å²) < 4.78 is 13.4. The number of carbonyl (C=O) groups is 1. The smallest absolute Gasteiger partial charge is 0.226 e. The van der Waals surface area contributed by atoms with E-state index in [1.165, 1.54) is 18.9 Å². The first-order chi connectivity index (χ1) is 9.63. The second kappa shape index (κ2) is 9.42. The number of carbonyl (C=O) groups excluding carboxylic acids is 1. The zero-order valence-electron chi connectivity index (χ0n) is 11.7. The number of unbranched alkanes of at least 4 members (excludes halogenated alkanes) is 4. The lowest BCUT2D eigenvalue weighted by Crippen LogP contribution is -2.34. The van der Waals surface area contributed by atoms with Gasteiger partial charge in [0.1, 0.15) is 5.82 Å². The first kappa shape index (κ1) is 16.6. The maximum Gasteiger partial charge on any atom is 0.226 e. The van der Waals surface area contributed by atoms with Crippen LogP contribution in [0.4, 0.5) is 10.1 Å². The predicted molar refractivity (Wildman–Crippen MR) is 84.1 cm³/mol. The summed E-state index contributed by atoms with van der Waals surface area (Å²) in [6.07, 6.45) is 5.89. The van der Waals surface area contributed by atoms with Gasteiger partial charge in [-0.15, -0.1) is 0 Å². The van der Waals surface area contributed by atoms with Crippen molar-refractivity contribution in [2.75, 3.05) is 5.32 Å². The number of rotatable bonds is 7. The monoisotopic (exact) mass is 296 g/mol. The highest BCUT2D eigenvalue weighted by Crippen LogP contribution is 2.12. The van der Waals surface area contributed by atoms with E-state index in [2.05, 4.69) is 17.6 Å². The molecule has 0 heterocycles. The molecule has 0 fully saturated rings. The summed E-state index contributed by atoms with van der Waals surface area (Å²) in [5.74, 6) is -0.529. The van der Waals surface area contributed by atoms with E-state index in [1.807, 2.05) is 0 Å². The zero-order valence-corrected chi connectivity index (χ0v) is 12.6. The van der Waals surface area contributed by atoms with Crippen molar-refractivity contribution in [1.29, 1.82) is 0 Å². The lowest BCUT2D eigenvalue weighted by atomic mass is 10.1. The van der Waals surface area contributed by atoms with Gasteiger partial charge in [0.15, 0.2) is 5.11 Å². The van der Waals surface area contributed by atoms with Crippen LogP contribution in [0.15, 0.2) is 24.3 Å². The molecule has 0 spiro atoms. The molecule has 0 atom stereocenters. The molecule has 0 saturated heterocycles. The van der Waals surface area contributed by atoms with E-state index in [-0.39, 0.29) is 16.7 Å². The second-order valence-corrected chi connectivity index (χ2v) is 5.05. The molecule has 1 aromatic rings. The van der Waals surface area contributed by atoms with Crippen molar-refractivity contribution in [3.05, 3.63) is 30.1 Å². The quantitative estimate of drug-likeness (QED) is 0.590. The molecular weight excluding hydrogens is 275 g/mol. The van der Waals surface area contributed by atoms with Crippen LogP contribution in [0.2, 0.25) is 0 Å². The second-order valence-electron chi connectivity index (χ2n) is 4.65. The number of benzene rings is 1. The molecule has 0 unspecified atom stereocenters. The van der Waals surface area contributed by atoms with Crippen LogP contribution in [-0.2, 0) is 4.79 Å². The Morgan fingerprint density at radius 1 is 1.20 bits per heavy atom. The van der Waals surface area contributed by atoms with Crippen molar-refractivity contribution >= 4 is 28.9 Å². The summed E-state index contributed by atoms with van der Waals surface area (Å²) in [5, 5.41) is 5.37. The minimum atomic E-state index is -0.399.